The van der Waals surface area contributed by atoms with Gasteiger partial charge in [0.25, 0.3) is 0 Å². The van der Waals surface area contributed by atoms with Gasteiger partial charge in [0.2, 0.25) is 0 Å². The molecule has 0 N–H and O–H groups in total. The Morgan fingerprint density at radius 1 is 0.548 bits per heavy atom. The second-order valence-electron chi connectivity index (χ2n) is 10.2. The van der Waals surface area contributed by atoms with Gasteiger partial charge in [-0.1, -0.05) is 150 Å². The molecule has 2 nitrogen and oxygen atoms in total. The highest BCUT2D eigenvalue weighted by Gasteiger charge is 2.22. The molecule has 0 bridgehead atoms. The van der Waals surface area contributed by atoms with Crippen molar-refractivity contribution in [2.45, 2.75) is 163 Å². The van der Waals surface area contributed by atoms with Gasteiger partial charge in [-0.25, -0.2) is 0 Å². The summed E-state index contributed by atoms with van der Waals surface area (Å²) in [6.07, 6.45) is 27.7. The zero-order chi connectivity index (χ0) is 23.0. The quantitative estimate of drug-likeness (QED) is 0.111. The zero-order valence-electron chi connectivity index (χ0n) is 22.0. The first kappa shape index (κ1) is 30.5. The van der Waals surface area contributed by atoms with E-state index in [-0.39, 0.29) is 11.9 Å². The lowest BCUT2D eigenvalue weighted by Crippen LogP contribution is -2.23. The van der Waals surface area contributed by atoms with Crippen molar-refractivity contribution < 1.29 is 9.53 Å². The number of carbonyl (C=O) groups is 1. The maximum atomic E-state index is 12.5. The van der Waals surface area contributed by atoms with Crippen molar-refractivity contribution >= 4 is 5.97 Å². The molecule has 0 heterocycles. The summed E-state index contributed by atoms with van der Waals surface area (Å²) in [6, 6.07) is 0. The first-order valence-electron chi connectivity index (χ1n) is 14.3. The molecule has 1 atom stereocenters. The van der Waals surface area contributed by atoms with Gasteiger partial charge in [-0.3, -0.25) is 4.79 Å². The summed E-state index contributed by atoms with van der Waals surface area (Å²) in [5, 5.41) is 0. The number of carbonyl (C=O) groups excluding carboxylic acids is 1. The number of unbranched alkanes of at least 4 members (excludes halogenated alkanes) is 18. The Balaban J connectivity index is 3.61. The third-order valence-electron chi connectivity index (χ3n) is 6.72. The Bertz CT molecular complexity index is 364. The zero-order valence-corrected chi connectivity index (χ0v) is 22.0. The highest BCUT2D eigenvalue weighted by molar-refractivity contribution is 5.72. The van der Waals surface area contributed by atoms with Crippen LogP contribution in [0.25, 0.3) is 0 Å². The van der Waals surface area contributed by atoms with Crippen LogP contribution < -0.4 is 0 Å². The molecular weight excluding hydrogens is 380 g/mol. The average molecular weight is 439 g/mol. The van der Waals surface area contributed by atoms with E-state index in [1.54, 1.807) is 0 Å². The van der Waals surface area contributed by atoms with Crippen LogP contribution in [-0.2, 0) is 9.53 Å². The second-order valence-corrected chi connectivity index (χ2v) is 10.2. The Labute approximate surface area is 196 Å². The largest absolute Gasteiger partial charge is 0.465 e. The normalized spacial score (nSPS) is 12.4. The summed E-state index contributed by atoms with van der Waals surface area (Å²) in [7, 11) is 0. The van der Waals surface area contributed by atoms with Gasteiger partial charge in [-0.2, -0.15) is 0 Å². The predicted octanol–water partition coefficient (Wildman–Crippen LogP) is 10.0. The minimum absolute atomic E-state index is 0.0565. The van der Waals surface area contributed by atoms with Crippen LogP contribution in [-0.4, -0.2) is 12.6 Å². The Morgan fingerprint density at radius 3 is 1.29 bits per heavy atom. The lowest BCUT2D eigenvalue weighted by atomic mass is 9.90. The van der Waals surface area contributed by atoms with Gasteiger partial charge in [0.1, 0.15) is 0 Å². The molecule has 0 aromatic rings. The Morgan fingerprint density at radius 2 is 0.903 bits per heavy atom. The van der Waals surface area contributed by atoms with Crippen LogP contribution >= 0.6 is 0 Å². The van der Waals surface area contributed by atoms with Crippen molar-refractivity contribution in [3.05, 3.63) is 0 Å². The lowest BCUT2D eigenvalue weighted by Gasteiger charge is -2.19. The van der Waals surface area contributed by atoms with Crippen LogP contribution in [0.4, 0.5) is 0 Å². The fourth-order valence-corrected chi connectivity index (χ4v) is 4.44. The Hall–Kier alpha value is -0.530. The smallest absolute Gasteiger partial charge is 0.309 e. The molecule has 2 heteroatoms. The molecular formula is C29H58O2. The third-order valence-corrected chi connectivity index (χ3v) is 6.72. The van der Waals surface area contributed by atoms with E-state index in [0.29, 0.717) is 12.5 Å². The van der Waals surface area contributed by atoms with E-state index in [1.165, 1.54) is 122 Å². The first-order valence-corrected chi connectivity index (χ1v) is 14.3. The minimum Gasteiger partial charge on any atom is -0.465 e. The van der Waals surface area contributed by atoms with Crippen molar-refractivity contribution in [1.82, 2.24) is 0 Å². The second kappa shape index (κ2) is 24.1. The number of rotatable bonds is 24. The fraction of sp³-hybridized carbons (Fsp3) is 0.966. The summed E-state index contributed by atoms with van der Waals surface area (Å²) in [5.41, 5.74) is 0. The third kappa shape index (κ3) is 21.1. The molecule has 0 aliphatic carbocycles. The molecule has 0 amide bonds. The molecule has 0 aromatic heterocycles. The van der Waals surface area contributed by atoms with E-state index >= 15 is 0 Å². The predicted molar refractivity (Wildman–Crippen MR) is 138 cm³/mol. The maximum Gasteiger partial charge on any atom is 0.309 e. The monoisotopic (exact) mass is 438 g/mol. The standard InChI is InChI=1S/C29H58O2/c1-5-7-9-11-13-15-16-17-18-19-21-23-25-28(27(3)4)29(30)31-26-24-22-20-14-12-10-8-6-2/h27-28H,5-26H2,1-4H3. The van der Waals surface area contributed by atoms with Gasteiger partial charge >= 0.3 is 5.97 Å². The van der Waals surface area contributed by atoms with Crippen LogP contribution in [0.15, 0.2) is 0 Å². The molecule has 0 aliphatic heterocycles. The molecule has 186 valence electrons. The average Bonchev–Trinajstić information content (AvgIpc) is 2.75. The molecule has 0 aromatic carbocycles. The first-order chi connectivity index (χ1) is 15.1. The minimum atomic E-state index is 0.0565. The van der Waals surface area contributed by atoms with Gasteiger partial charge in [-0.15, -0.1) is 0 Å². The van der Waals surface area contributed by atoms with Crippen LogP contribution in [0.3, 0.4) is 0 Å². The highest BCUT2D eigenvalue weighted by Crippen LogP contribution is 2.22. The molecule has 0 saturated heterocycles. The summed E-state index contributed by atoms with van der Waals surface area (Å²) >= 11 is 0. The molecule has 0 fully saturated rings. The molecule has 0 saturated carbocycles. The summed E-state index contributed by atoms with van der Waals surface area (Å²) < 4.78 is 5.63. The van der Waals surface area contributed by atoms with E-state index in [4.69, 9.17) is 4.74 Å². The molecule has 0 rings (SSSR count). The van der Waals surface area contributed by atoms with E-state index in [1.807, 2.05) is 0 Å². The van der Waals surface area contributed by atoms with Crippen molar-refractivity contribution in [2.75, 3.05) is 6.61 Å². The van der Waals surface area contributed by atoms with Crippen molar-refractivity contribution in [1.29, 1.82) is 0 Å². The number of hydrogen-bond donors (Lipinski definition) is 0. The van der Waals surface area contributed by atoms with Crippen LogP contribution in [0.5, 0.6) is 0 Å². The van der Waals surface area contributed by atoms with E-state index in [0.717, 1.165) is 12.8 Å². The number of esters is 1. The molecule has 0 radical (unpaired) electrons. The number of hydrogen-bond acceptors (Lipinski definition) is 2. The fourth-order valence-electron chi connectivity index (χ4n) is 4.44. The van der Waals surface area contributed by atoms with Crippen LogP contribution in [0.1, 0.15) is 163 Å². The van der Waals surface area contributed by atoms with E-state index in [9.17, 15) is 4.79 Å². The van der Waals surface area contributed by atoms with E-state index < -0.39 is 0 Å². The highest BCUT2D eigenvalue weighted by atomic mass is 16.5. The Kier molecular flexibility index (Phi) is 23.7. The van der Waals surface area contributed by atoms with Gasteiger partial charge in [0, 0.05) is 0 Å². The van der Waals surface area contributed by atoms with Gasteiger partial charge < -0.3 is 4.74 Å². The van der Waals surface area contributed by atoms with Gasteiger partial charge in [0.05, 0.1) is 12.5 Å². The number of ether oxygens (including phenoxy) is 1. The van der Waals surface area contributed by atoms with Crippen molar-refractivity contribution in [3.63, 3.8) is 0 Å². The van der Waals surface area contributed by atoms with Gasteiger partial charge in [-0.05, 0) is 18.8 Å². The summed E-state index contributed by atoms with van der Waals surface area (Å²) in [6.45, 7) is 9.50. The lowest BCUT2D eigenvalue weighted by molar-refractivity contribution is -0.150. The summed E-state index contributed by atoms with van der Waals surface area (Å²) in [4.78, 5) is 12.5. The maximum absolute atomic E-state index is 12.5. The molecule has 1 unspecified atom stereocenters. The molecule has 0 spiro atoms. The summed E-state index contributed by atoms with van der Waals surface area (Å²) in [5.74, 6) is 0.539. The van der Waals surface area contributed by atoms with Gasteiger partial charge in [0.15, 0.2) is 0 Å². The molecule has 0 aliphatic rings. The van der Waals surface area contributed by atoms with E-state index in [2.05, 4.69) is 27.7 Å². The topological polar surface area (TPSA) is 26.3 Å². The van der Waals surface area contributed by atoms with Crippen LogP contribution in [0.2, 0.25) is 0 Å². The van der Waals surface area contributed by atoms with Crippen molar-refractivity contribution in [2.24, 2.45) is 11.8 Å². The molecule has 31 heavy (non-hydrogen) atoms. The SMILES string of the molecule is CCCCCCCCCCCCCCC(C(=O)OCCCCCCCCCC)C(C)C. The van der Waals surface area contributed by atoms with Crippen LogP contribution in [0, 0.1) is 11.8 Å². The van der Waals surface area contributed by atoms with Crippen molar-refractivity contribution in [3.8, 4) is 0 Å².